The van der Waals surface area contributed by atoms with Crippen molar-refractivity contribution in [3.63, 3.8) is 0 Å². The van der Waals surface area contributed by atoms with Gasteiger partial charge >= 0.3 is 0 Å². The van der Waals surface area contributed by atoms with E-state index in [-0.39, 0.29) is 138 Å². The molecule has 0 unspecified atom stereocenters. The van der Waals surface area contributed by atoms with Crippen molar-refractivity contribution < 1.29 is 114 Å². The van der Waals surface area contributed by atoms with E-state index in [1.54, 1.807) is 54.6 Å². The third-order valence-corrected chi connectivity index (χ3v) is 11.8. The molecule has 6 amide bonds. The molecule has 0 aromatic rings. The molecule has 0 aliphatic carbocycles. The first-order valence-corrected chi connectivity index (χ1v) is 29.1. The summed E-state index contributed by atoms with van der Waals surface area (Å²) < 4.78 is 97.7. The Kier molecular flexibility index (Phi) is 58.5. The number of hydrogen-bond donors (Lipinski definition) is 1. The van der Waals surface area contributed by atoms with E-state index in [0.717, 1.165) is 0 Å². The molecule has 0 heterocycles. The van der Waals surface area contributed by atoms with Gasteiger partial charge in [-0.25, -0.2) is 0 Å². The maximum absolute atomic E-state index is 14.7. The number of nitrogens with zero attached hydrogens (tertiary/aromatic N) is 6. The van der Waals surface area contributed by atoms with Crippen molar-refractivity contribution in [2.45, 2.75) is 0 Å². The maximum atomic E-state index is 14.7. The van der Waals surface area contributed by atoms with E-state index in [2.05, 4.69) is 0 Å². The minimum absolute atomic E-state index is 0.0172. The van der Waals surface area contributed by atoms with E-state index in [1.807, 2.05) is 0 Å². The summed E-state index contributed by atoms with van der Waals surface area (Å²) in [5, 5.41) is 0. The lowest BCUT2D eigenvalue weighted by molar-refractivity contribution is -0.148. The second-order valence-corrected chi connectivity index (χ2v) is 18.6. The lowest BCUT2D eigenvalue weighted by atomic mass is 10.3. The van der Waals surface area contributed by atoms with Crippen molar-refractivity contribution in [3.8, 4) is 0 Å². The molecule has 0 fully saturated rings. The van der Waals surface area contributed by atoms with Crippen LogP contribution in [-0.2, 0) is 114 Å². The van der Waals surface area contributed by atoms with Gasteiger partial charge in [0.05, 0.1) is 237 Å². The van der Waals surface area contributed by atoms with Crippen molar-refractivity contribution in [1.82, 2.24) is 29.4 Å². The maximum Gasteiger partial charge on any atom is 0.242 e. The number of ether oxygens (including phenoxy) is 18. The van der Waals surface area contributed by atoms with Crippen molar-refractivity contribution >= 4 is 35.4 Å². The molecule has 0 radical (unpaired) electrons. The zero-order valence-corrected chi connectivity index (χ0v) is 52.8. The Morgan fingerprint density at radius 1 is 0.233 bits per heavy atom. The van der Waals surface area contributed by atoms with E-state index in [1.165, 1.54) is 24.5 Å². The molecule has 31 heteroatoms. The lowest BCUT2D eigenvalue weighted by Crippen LogP contribution is -2.53. The van der Waals surface area contributed by atoms with Crippen LogP contribution in [0.15, 0.2) is 0 Å². The molecule has 0 spiro atoms. The predicted molar refractivity (Wildman–Crippen MR) is 311 cm³/mol. The first-order valence-electron chi connectivity index (χ1n) is 29.1. The molecule has 0 rings (SSSR count). The van der Waals surface area contributed by atoms with E-state index >= 15 is 0 Å². The number of likely N-dealkylation sites (N-methyl/N-ethyl adjacent to an activating group) is 1. The van der Waals surface area contributed by atoms with E-state index in [0.29, 0.717) is 106 Å². The van der Waals surface area contributed by atoms with Crippen LogP contribution >= 0.6 is 0 Å². The Morgan fingerprint density at radius 3 is 0.593 bits per heavy atom. The van der Waals surface area contributed by atoms with Crippen LogP contribution in [0.25, 0.3) is 0 Å². The van der Waals surface area contributed by atoms with Gasteiger partial charge in [0.15, 0.2) is 0 Å². The highest BCUT2D eigenvalue weighted by Gasteiger charge is 2.29. The summed E-state index contributed by atoms with van der Waals surface area (Å²) in [5.41, 5.74) is 5.57. The summed E-state index contributed by atoms with van der Waals surface area (Å²) >= 11 is 0. The van der Waals surface area contributed by atoms with Crippen molar-refractivity contribution in [2.75, 3.05) is 326 Å². The molecule has 506 valence electrons. The fraction of sp³-hybridized carbons (Fsp3) is 0.891. The molecule has 0 atom stereocenters. The zero-order chi connectivity index (χ0) is 63.4. The normalized spacial score (nSPS) is 11.4. The molecule has 31 nitrogen and oxygen atoms in total. The van der Waals surface area contributed by atoms with Gasteiger partial charge in [0, 0.05) is 81.9 Å². The van der Waals surface area contributed by atoms with Gasteiger partial charge in [-0.05, 0) is 7.05 Å². The van der Waals surface area contributed by atoms with Crippen LogP contribution in [0, 0.1) is 0 Å². The SMILES string of the molecule is COCCOCCOCCN(C)CC(=O)N(CCOCCOCCOC)CC(=O)N(CCOCCOCCOC)CC(=O)N(CCOCCOCCOC)CC(=O)N(CCOCCOCCOC)CC(=O)N(CCOCCOCCOC)CC(N)=O. The summed E-state index contributed by atoms with van der Waals surface area (Å²) in [4.78, 5) is 92.3. The molecule has 0 aliphatic rings. The molecule has 0 saturated carbocycles. The Hall–Kier alpha value is -3.94. The monoisotopic (exact) mass is 1250 g/mol. The van der Waals surface area contributed by atoms with Crippen LogP contribution in [0.5, 0.6) is 0 Å². The molecule has 2 N–H and O–H groups in total. The van der Waals surface area contributed by atoms with Crippen molar-refractivity contribution in [2.24, 2.45) is 5.73 Å². The molecular formula is C55H107N7O24. The third-order valence-electron chi connectivity index (χ3n) is 11.8. The van der Waals surface area contributed by atoms with Crippen LogP contribution in [-0.4, -0.2) is 391 Å². The van der Waals surface area contributed by atoms with Crippen LogP contribution < -0.4 is 5.73 Å². The topological polar surface area (TPSA) is 314 Å². The largest absolute Gasteiger partial charge is 0.382 e. The van der Waals surface area contributed by atoms with Gasteiger partial charge < -0.3 is 115 Å². The lowest BCUT2D eigenvalue weighted by Gasteiger charge is -2.32. The quantitative estimate of drug-likeness (QED) is 0.0581. The van der Waals surface area contributed by atoms with E-state index in [9.17, 15) is 28.8 Å². The van der Waals surface area contributed by atoms with Gasteiger partial charge in [0.1, 0.15) is 0 Å². The van der Waals surface area contributed by atoms with Gasteiger partial charge in [-0.15, -0.1) is 0 Å². The standard InChI is InChI=1S/C55H107N7O24/c1-57(8-14-75-32-38-81-26-20-69-2)45-51(64)59(10-16-77-34-40-83-28-22-71-4)47-53(66)61(12-18-79-36-42-85-30-24-73-6)49-55(68)62(13-19-80-37-43-86-31-25-74-7)48-54(67)60(11-17-78-35-41-84-29-23-72-5)46-52(65)58(44-50(56)63)9-15-76-33-39-82-27-21-70-3/h8-49H2,1-7H3,(H2,56,63). The number of methoxy groups -OCH3 is 6. The van der Waals surface area contributed by atoms with E-state index < -0.39 is 68.2 Å². The van der Waals surface area contributed by atoms with Gasteiger partial charge in [-0.3, -0.25) is 33.7 Å². The summed E-state index contributed by atoms with van der Waals surface area (Å²) in [6.45, 7) is 5.11. The average molecular weight is 1250 g/mol. The van der Waals surface area contributed by atoms with Crippen LogP contribution in [0.2, 0.25) is 0 Å². The Bertz CT molecular complexity index is 1640. The number of carbonyl (C=O) groups excluding carboxylic acids is 6. The zero-order valence-electron chi connectivity index (χ0n) is 52.8. The van der Waals surface area contributed by atoms with Gasteiger partial charge in [-0.2, -0.15) is 0 Å². The first-order chi connectivity index (χ1) is 41.9. The second-order valence-electron chi connectivity index (χ2n) is 18.6. The summed E-state index contributed by atoms with van der Waals surface area (Å²) in [7, 11) is 11.1. The Balaban J connectivity index is 6.89. The molecule has 0 aromatic heterocycles. The minimum Gasteiger partial charge on any atom is -0.382 e. The molecule has 0 bridgehead atoms. The van der Waals surface area contributed by atoms with Gasteiger partial charge in [0.25, 0.3) is 0 Å². The van der Waals surface area contributed by atoms with Gasteiger partial charge in [0.2, 0.25) is 35.4 Å². The van der Waals surface area contributed by atoms with Gasteiger partial charge in [-0.1, -0.05) is 0 Å². The number of nitrogens with two attached hydrogens (primary N) is 1. The van der Waals surface area contributed by atoms with Crippen LogP contribution in [0.3, 0.4) is 0 Å². The average Bonchev–Trinajstić information content (AvgIpc) is 3.50. The smallest absolute Gasteiger partial charge is 0.242 e. The minimum atomic E-state index is -0.790. The predicted octanol–water partition coefficient (Wildman–Crippen LogP) is -3.38. The Labute approximate surface area is 509 Å². The number of carbonyl (C=O) groups is 6. The molecular weight excluding hydrogens is 1140 g/mol. The first kappa shape index (κ1) is 82.1. The van der Waals surface area contributed by atoms with Crippen LogP contribution in [0.1, 0.15) is 0 Å². The summed E-state index contributed by atoms with van der Waals surface area (Å²) in [6, 6.07) is 0. The Morgan fingerprint density at radius 2 is 0.395 bits per heavy atom. The fourth-order valence-electron chi connectivity index (χ4n) is 6.99. The number of hydrogen-bond acceptors (Lipinski definition) is 25. The molecule has 0 aliphatic heterocycles. The summed E-state index contributed by atoms with van der Waals surface area (Å²) in [5.74, 6) is -3.74. The second kappa shape index (κ2) is 61.3. The molecule has 0 saturated heterocycles. The third kappa shape index (κ3) is 50.0. The summed E-state index contributed by atoms with van der Waals surface area (Å²) in [6.07, 6.45) is 0. The molecule has 0 aromatic carbocycles. The number of primary amides is 1. The molecule has 86 heavy (non-hydrogen) atoms. The van der Waals surface area contributed by atoms with Crippen LogP contribution in [0.4, 0.5) is 0 Å². The van der Waals surface area contributed by atoms with Crippen molar-refractivity contribution in [3.05, 3.63) is 0 Å². The highest BCUT2D eigenvalue weighted by atomic mass is 16.6. The fourth-order valence-corrected chi connectivity index (χ4v) is 6.99. The van der Waals surface area contributed by atoms with Crippen molar-refractivity contribution in [1.29, 1.82) is 0 Å². The highest BCUT2D eigenvalue weighted by molar-refractivity contribution is 5.92. The number of rotatable bonds is 66. The highest BCUT2D eigenvalue weighted by Crippen LogP contribution is 2.06. The van der Waals surface area contributed by atoms with E-state index in [4.69, 9.17) is 91.0 Å². The number of amides is 6.